The quantitative estimate of drug-likeness (QED) is 0.493. The summed E-state index contributed by atoms with van der Waals surface area (Å²) >= 11 is 0. The maximum Gasteiger partial charge on any atom is 0.246 e. The Kier molecular flexibility index (Phi) is 7.60. The summed E-state index contributed by atoms with van der Waals surface area (Å²) in [6.45, 7) is 1.80. The van der Waals surface area contributed by atoms with Crippen LogP contribution in [0.1, 0.15) is 16.7 Å². The Morgan fingerprint density at radius 2 is 1.62 bits per heavy atom. The van der Waals surface area contributed by atoms with E-state index in [0.29, 0.717) is 37.7 Å². The lowest BCUT2D eigenvalue weighted by molar-refractivity contribution is -0.139. The molecule has 0 atom stereocenters. The predicted molar refractivity (Wildman–Crippen MR) is 131 cm³/mol. The lowest BCUT2D eigenvalue weighted by Crippen LogP contribution is -2.55. The largest absolute Gasteiger partial charge is 0.493 e. The summed E-state index contributed by atoms with van der Waals surface area (Å²) in [5, 5.41) is 2.94. The minimum Gasteiger partial charge on any atom is -0.493 e. The predicted octanol–water partition coefficient (Wildman–Crippen LogP) is 4.06. The van der Waals surface area contributed by atoms with E-state index in [1.165, 1.54) is 6.08 Å². The van der Waals surface area contributed by atoms with E-state index in [2.05, 4.69) is 5.32 Å². The summed E-state index contributed by atoms with van der Waals surface area (Å²) in [6, 6.07) is 25.2. The fourth-order valence-electron chi connectivity index (χ4n) is 3.67. The van der Waals surface area contributed by atoms with Gasteiger partial charge < -0.3 is 19.7 Å². The van der Waals surface area contributed by atoms with E-state index >= 15 is 0 Å². The first-order valence-corrected chi connectivity index (χ1v) is 11.3. The topological polar surface area (TPSA) is 67.9 Å². The van der Waals surface area contributed by atoms with Crippen LogP contribution in [0, 0.1) is 5.92 Å². The van der Waals surface area contributed by atoms with Gasteiger partial charge in [-0.2, -0.15) is 0 Å². The van der Waals surface area contributed by atoms with Gasteiger partial charge >= 0.3 is 0 Å². The molecule has 0 aliphatic carbocycles. The number of nitrogens with one attached hydrogen (secondary N) is 1. The Bertz CT molecular complexity index is 1140. The van der Waals surface area contributed by atoms with Gasteiger partial charge in [0.05, 0.1) is 13.0 Å². The van der Waals surface area contributed by atoms with Crippen molar-refractivity contribution in [3.8, 4) is 11.5 Å². The molecule has 1 aliphatic heterocycles. The SMILES string of the molecule is COc1cc(/C=C/C(=O)N2CC(C(=O)NCc3ccccc3)C2)ccc1OCc1ccccc1. The molecule has 0 unspecified atom stereocenters. The second-order valence-corrected chi connectivity index (χ2v) is 8.16. The minimum atomic E-state index is -0.165. The first-order valence-electron chi connectivity index (χ1n) is 11.3. The summed E-state index contributed by atoms with van der Waals surface area (Å²) in [4.78, 5) is 26.4. The summed E-state index contributed by atoms with van der Waals surface area (Å²) in [7, 11) is 1.59. The van der Waals surface area contributed by atoms with Crippen LogP contribution in [0.5, 0.6) is 11.5 Å². The third-order valence-electron chi connectivity index (χ3n) is 5.72. The molecule has 1 heterocycles. The van der Waals surface area contributed by atoms with Gasteiger partial charge in [0.25, 0.3) is 0 Å². The van der Waals surface area contributed by atoms with Crippen LogP contribution >= 0.6 is 0 Å². The van der Waals surface area contributed by atoms with E-state index in [9.17, 15) is 9.59 Å². The summed E-state index contributed by atoms with van der Waals surface area (Å²) in [6.07, 6.45) is 3.27. The lowest BCUT2D eigenvalue weighted by Gasteiger charge is -2.37. The Morgan fingerprint density at radius 3 is 2.29 bits per heavy atom. The highest BCUT2D eigenvalue weighted by molar-refractivity contribution is 5.94. The molecule has 1 fully saturated rings. The van der Waals surface area contributed by atoms with Gasteiger partial charge in [0.15, 0.2) is 11.5 Å². The third kappa shape index (κ3) is 6.04. The summed E-state index contributed by atoms with van der Waals surface area (Å²) in [5.74, 6) is 0.942. The molecule has 1 N–H and O–H groups in total. The molecule has 0 saturated carbocycles. The van der Waals surface area contributed by atoms with E-state index in [0.717, 1.165) is 16.7 Å². The first-order chi connectivity index (χ1) is 16.6. The monoisotopic (exact) mass is 456 g/mol. The molecule has 4 rings (SSSR count). The number of benzene rings is 3. The van der Waals surface area contributed by atoms with Crippen LogP contribution in [-0.2, 0) is 22.7 Å². The van der Waals surface area contributed by atoms with Gasteiger partial charge in [0, 0.05) is 25.7 Å². The smallest absolute Gasteiger partial charge is 0.246 e. The zero-order valence-electron chi connectivity index (χ0n) is 19.1. The van der Waals surface area contributed by atoms with Gasteiger partial charge in [-0.1, -0.05) is 66.7 Å². The van der Waals surface area contributed by atoms with Crippen molar-refractivity contribution in [2.24, 2.45) is 5.92 Å². The first kappa shape index (κ1) is 23.1. The van der Waals surface area contributed by atoms with E-state index in [-0.39, 0.29) is 17.7 Å². The second kappa shape index (κ2) is 11.2. The molecule has 0 radical (unpaired) electrons. The summed E-state index contributed by atoms with van der Waals surface area (Å²) in [5.41, 5.74) is 2.95. The number of carbonyl (C=O) groups is 2. The van der Waals surface area contributed by atoms with Gasteiger partial charge in [0.1, 0.15) is 6.61 Å². The van der Waals surface area contributed by atoms with Gasteiger partial charge in [-0.05, 0) is 34.9 Å². The molecule has 3 aromatic rings. The van der Waals surface area contributed by atoms with Crippen molar-refractivity contribution in [1.82, 2.24) is 10.2 Å². The average molecular weight is 457 g/mol. The molecule has 0 bridgehead atoms. The van der Waals surface area contributed by atoms with Gasteiger partial charge in [-0.3, -0.25) is 9.59 Å². The Morgan fingerprint density at radius 1 is 0.941 bits per heavy atom. The molecule has 6 heteroatoms. The van der Waals surface area contributed by atoms with Crippen molar-refractivity contribution in [3.05, 3.63) is 102 Å². The number of methoxy groups -OCH3 is 1. The normalized spacial score (nSPS) is 13.4. The highest BCUT2D eigenvalue weighted by Crippen LogP contribution is 2.29. The van der Waals surface area contributed by atoms with Crippen molar-refractivity contribution in [2.45, 2.75) is 13.2 Å². The standard InChI is InChI=1S/C28H28N2O4/c1-33-26-16-21(12-14-25(26)34-20-23-10-6-3-7-11-23)13-15-27(31)30-18-24(19-30)28(32)29-17-22-8-4-2-5-9-22/h2-16,24H,17-20H2,1H3,(H,29,32)/b15-13+. The highest BCUT2D eigenvalue weighted by atomic mass is 16.5. The van der Waals surface area contributed by atoms with Crippen molar-refractivity contribution in [3.63, 3.8) is 0 Å². The Labute approximate surface area is 199 Å². The number of ether oxygens (including phenoxy) is 2. The molecule has 1 aliphatic rings. The molecule has 0 spiro atoms. The zero-order valence-corrected chi connectivity index (χ0v) is 19.1. The molecule has 0 aromatic heterocycles. The highest BCUT2D eigenvalue weighted by Gasteiger charge is 2.34. The van der Waals surface area contributed by atoms with Crippen LogP contribution in [0.25, 0.3) is 6.08 Å². The number of carbonyl (C=O) groups excluding carboxylic acids is 2. The Balaban J connectivity index is 1.25. The van der Waals surface area contributed by atoms with Crippen LogP contribution in [0.3, 0.4) is 0 Å². The molecule has 6 nitrogen and oxygen atoms in total. The molecular weight excluding hydrogens is 428 g/mol. The zero-order chi connectivity index (χ0) is 23.8. The van der Waals surface area contributed by atoms with E-state index in [1.54, 1.807) is 18.1 Å². The van der Waals surface area contributed by atoms with Crippen molar-refractivity contribution < 1.29 is 19.1 Å². The lowest BCUT2D eigenvalue weighted by atomic mass is 9.98. The second-order valence-electron chi connectivity index (χ2n) is 8.16. The number of nitrogens with zero attached hydrogens (tertiary/aromatic N) is 1. The van der Waals surface area contributed by atoms with E-state index in [4.69, 9.17) is 9.47 Å². The number of hydrogen-bond donors (Lipinski definition) is 1. The maximum absolute atomic E-state index is 12.5. The molecular formula is C28H28N2O4. The fourth-order valence-corrected chi connectivity index (χ4v) is 3.67. The van der Waals surface area contributed by atoms with E-state index in [1.807, 2.05) is 78.9 Å². The van der Waals surface area contributed by atoms with Crippen molar-refractivity contribution in [1.29, 1.82) is 0 Å². The molecule has 3 aromatic carbocycles. The fraction of sp³-hybridized carbons (Fsp3) is 0.214. The average Bonchev–Trinajstić information content (AvgIpc) is 2.85. The maximum atomic E-state index is 12.5. The van der Waals surface area contributed by atoms with Crippen LogP contribution in [0.4, 0.5) is 0 Å². The van der Waals surface area contributed by atoms with Gasteiger partial charge in [-0.25, -0.2) is 0 Å². The van der Waals surface area contributed by atoms with Crippen molar-refractivity contribution in [2.75, 3.05) is 20.2 Å². The molecule has 2 amide bonds. The summed E-state index contributed by atoms with van der Waals surface area (Å²) < 4.78 is 11.3. The minimum absolute atomic E-state index is 0.0206. The molecule has 174 valence electrons. The van der Waals surface area contributed by atoms with E-state index < -0.39 is 0 Å². The van der Waals surface area contributed by atoms with Crippen molar-refractivity contribution >= 4 is 17.9 Å². The Hall–Kier alpha value is -4.06. The number of rotatable bonds is 9. The number of amides is 2. The molecule has 34 heavy (non-hydrogen) atoms. The molecule has 1 saturated heterocycles. The van der Waals surface area contributed by atoms with Crippen LogP contribution < -0.4 is 14.8 Å². The third-order valence-corrected chi connectivity index (χ3v) is 5.72. The number of hydrogen-bond acceptors (Lipinski definition) is 4. The van der Waals surface area contributed by atoms with Crippen LogP contribution in [0.2, 0.25) is 0 Å². The van der Waals surface area contributed by atoms with Gasteiger partial charge in [0.2, 0.25) is 11.8 Å². The van der Waals surface area contributed by atoms with Crippen LogP contribution in [-0.4, -0.2) is 36.9 Å². The number of likely N-dealkylation sites (tertiary alicyclic amines) is 1. The van der Waals surface area contributed by atoms with Crippen LogP contribution in [0.15, 0.2) is 84.9 Å². The van der Waals surface area contributed by atoms with Gasteiger partial charge in [-0.15, -0.1) is 0 Å².